The van der Waals surface area contributed by atoms with Crippen molar-refractivity contribution in [2.75, 3.05) is 6.54 Å². The fraction of sp³-hybridized carbons (Fsp3) is 0.385. The SMILES string of the molecule is CCNC(C)c1nnc(-c2cc(C)ccc2Br)o1. The zero-order chi connectivity index (χ0) is 13.1. The molecule has 0 fully saturated rings. The van der Waals surface area contributed by atoms with Crippen molar-refractivity contribution in [3.8, 4) is 11.5 Å². The van der Waals surface area contributed by atoms with E-state index in [2.05, 4.69) is 31.4 Å². The molecule has 0 amide bonds. The minimum atomic E-state index is 0.0693. The van der Waals surface area contributed by atoms with E-state index in [1.54, 1.807) is 0 Å². The molecular formula is C13H16BrN3O. The average molecular weight is 310 g/mol. The highest BCUT2D eigenvalue weighted by molar-refractivity contribution is 9.10. The second-order valence-electron chi connectivity index (χ2n) is 4.21. The Balaban J connectivity index is 2.32. The number of hydrogen-bond donors (Lipinski definition) is 1. The molecule has 0 spiro atoms. The number of benzene rings is 1. The molecule has 1 unspecified atom stereocenters. The highest BCUT2D eigenvalue weighted by Gasteiger charge is 2.15. The molecule has 1 heterocycles. The van der Waals surface area contributed by atoms with E-state index in [1.807, 2.05) is 39.0 Å². The van der Waals surface area contributed by atoms with Gasteiger partial charge < -0.3 is 9.73 Å². The maximum atomic E-state index is 5.71. The maximum Gasteiger partial charge on any atom is 0.248 e. The predicted octanol–water partition coefficient (Wildman–Crippen LogP) is 3.48. The minimum absolute atomic E-state index is 0.0693. The van der Waals surface area contributed by atoms with Gasteiger partial charge in [-0.2, -0.15) is 0 Å². The second kappa shape index (κ2) is 5.63. The van der Waals surface area contributed by atoms with E-state index in [4.69, 9.17) is 4.42 Å². The summed E-state index contributed by atoms with van der Waals surface area (Å²) in [5.41, 5.74) is 2.09. The molecule has 0 radical (unpaired) electrons. The first kappa shape index (κ1) is 13.2. The Labute approximate surface area is 115 Å². The van der Waals surface area contributed by atoms with Crippen LogP contribution in [0.1, 0.15) is 31.3 Å². The van der Waals surface area contributed by atoms with Crippen molar-refractivity contribution < 1.29 is 4.42 Å². The van der Waals surface area contributed by atoms with Crippen LogP contribution in [0.5, 0.6) is 0 Å². The van der Waals surface area contributed by atoms with E-state index < -0.39 is 0 Å². The van der Waals surface area contributed by atoms with Crippen molar-refractivity contribution in [1.29, 1.82) is 0 Å². The highest BCUT2D eigenvalue weighted by Crippen LogP contribution is 2.29. The molecule has 2 aromatic rings. The Hall–Kier alpha value is -1.20. The maximum absolute atomic E-state index is 5.71. The van der Waals surface area contributed by atoms with Crippen LogP contribution in [0, 0.1) is 6.92 Å². The summed E-state index contributed by atoms with van der Waals surface area (Å²) in [5.74, 6) is 1.16. The first-order chi connectivity index (χ1) is 8.61. The van der Waals surface area contributed by atoms with Gasteiger partial charge in [0.15, 0.2) is 0 Å². The molecule has 0 bridgehead atoms. The van der Waals surface area contributed by atoms with Gasteiger partial charge in [-0.3, -0.25) is 0 Å². The number of aryl methyl sites for hydroxylation is 1. The van der Waals surface area contributed by atoms with Crippen LogP contribution in [0.15, 0.2) is 27.1 Å². The van der Waals surface area contributed by atoms with Gasteiger partial charge in [0.25, 0.3) is 0 Å². The van der Waals surface area contributed by atoms with Crippen molar-refractivity contribution in [3.05, 3.63) is 34.1 Å². The molecule has 5 heteroatoms. The summed E-state index contributed by atoms with van der Waals surface area (Å²) in [6.07, 6.45) is 0. The lowest BCUT2D eigenvalue weighted by molar-refractivity contribution is 0.429. The lowest BCUT2D eigenvalue weighted by atomic mass is 10.1. The summed E-state index contributed by atoms with van der Waals surface area (Å²) >= 11 is 3.50. The van der Waals surface area contributed by atoms with Gasteiger partial charge in [-0.1, -0.05) is 18.6 Å². The highest BCUT2D eigenvalue weighted by atomic mass is 79.9. The molecule has 1 aromatic carbocycles. The molecule has 0 saturated carbocycles. The van der Waals surface area contributed by atoms with Crippen LogP contribution < -0.4 is 5.32 Å². The Bertz CT molecular complexity index is 539. The van der Waals surface area contributed by atoms with E-state index in [0.717, 1.165) is 22.1 Å². The number of halogens is 1. The summed E-state index contributed by atoms with van der Waals surface area (Å²) in [6, 6.07) is 6.12. The number of aromatic nitrogens is 2. The lowest BCUT2D eigenvalue weighted by Crippen LogP contribution is -2.17. The molecule has 0 aliphatic carbocycles. The fourth-order valence-corrected chi connectivity index (χ4v) is 2.13. The second-order valence-corrected chi connectivity index (χ2v) is 5.06. The largest absolute Gasteiger partial charge is 0.419 e. The monoisotopic (exact) mass is 309 g/mol. The van der Waals surface area contributed by atoms with Crippen LogP contribution in [-0.2, 0) is 0 Å². The number of nitrogens with zero attached hydrogens (tertiary/aromatic N) is 2. The fourth-order valence-electron chi connectivity index (χ4n) is 1.71. The summed E-state index contributed by atoms with van der Waals surface area (Å²) < 4.78 is 6.66. The van der Waals surface area contributed by atoms with Crippen molar-refractivity contribution in [3.63, 3.8) is 0 Å². The zero-order valence-electron chi connectivity index (χ0n) is 10.7. The van der Waals surface area contributed by atoms with Crippen LogP contribution in [0.4, 0.5) is 0 Å². The molecule has 0 aliphatic heterocycles. The molecule has 1 aromatic heterocycles. The predicted molar refractivity (Wildman–Crippen MR) is 74.3 cm³/mol. The Kier molecular flexibility index (Phi) is 4.14. The van der Waals surface area contributed by atoms with Gasteiger partial charge in [-0.05, 0) is 48.5 Å². The van der Waals surface area contributed by atoms with Crippen LogP contribution in [0.2, 0.25) is 0 Å². The quantitative estimate of drug-likeness (QED) is 0.939. The average Bonchev–Trinajstić information content (AvgIpc) is 2.82. The van der Waals surface area contributed by atoms with E-state index in [1.165, 1.54) is 0 Å². The van der Waals surface area contributed by atoms with Crippen molar-refractivity contribution in [1.82, 2.24) is 15.5 Å². The third-order valence-corrected chi connectivity index (χ3v) is 3.37. The number of hydrogen-bond acceptors (Lipinski definition) is 4. The molecule has 0 aliphatic rings. The molecule has 2 rings (SSSR count). The minimum Gasteiger partial charge on any atom is -0.419 e. The topological polar surface area (TPSA) is 51.0 Å². The summed E-state index contributed by atoms with van der Waals surface area (Å²) in [5, 5.41) is 11.4. The Morgan fingerprint density at radius 3 is 2.89 bits per heavy atom. The van der Waals surface area contributed by atoms with Crippen molar-refractivity contribution in [2.45, 2.75) is 26.8 Å². The normalized spacial score (nSPS) is 12.7. The number of rotatable bonds is 4. The van der Waals surface area contributed by atoms with Crippen molar-refractivity contribution in [2.24, 2.45) is 0 Å². The summed E-state index contributed by atoms with van der Waals surface area (Å²) in [6.45, 7) is 6.96. The first-order valence-corrected chi connectivity index (χ1v) is 6.74. The van der Waals surface area contributed by atoms with E-state index in [9.17, 15) is 0 Å². The van der Waals surface area contributed by atoms with Gasteiger partial charge >= 0.3 is 0 Å². The lowest BCUT2D eigenvalue weighted by Gasteiger charge is -2.06. The van der Waals surface area contributed by atoms with E-state index >= 15 is 0 Å². The van der Waals surface area contributed by atoms with Gasteiger partial charge in [0.05, 0.1) is 11.6 Å². The number of nitrogens with one attached hydrogen (secondary N) is 1. The Morgan fingerprint density at radius 2 is 2.17 bits per heavy atom. The van der Waals surface area contributed by atoms with E-state index in [0.29, 0.717) is 11.8 Å². The smallest absolute Gasteiger partial charge is 0.248 e. The molecular weight excluding hydrogens is 294 g/mol. The van der Waals surface area contributed by atoms with Gasteiger partial charge in [0, 0.05) is 4.47 Å². The van der Waals surface area contributed by atoms with Crippen LogP contribution in [-0.4, -0.2) is 16.7 Å². The van der Waals surface area contributed by atoms with Crippen molar-refractivity contribution >= 4 is 15.9 Å². The Morgan fingerprint density at radius 1 is 1.39 bits per heavy atom. The van der Waals surface area contributed by atoms with Crippen LogP contribution in [0.3, 0.4) is 0 Å². The third kappa shape index (κ3) is 2.79. The molecule has 1 N–H and O–H groups in total. The molecule has 4 nitrogen and oxygen atoms in total. The molecule has 1 atom stereocenters. The first-order valence-electron chi connectivity index (χ1n) is 5.95. The molecule has 18 heavy (non-hydrogen) atoms. The third-order valence-electron chi connectivity index (χ3n) is 2.67. The van der Waals surface area contributed by atoms with Crippen LogP contribution in [0.25, 0.3) is 11.5 Å². The molecule has 96 valence electrons. The van der Waals surface area contributed by atoms with Gasteiger partial charge in [-0.15, -0.1) is 10.2 Å². The van der Waals surface area contributed by atoms with Gasteiger partial charge in [0.1, 0.15) is 0 Å². The van der Waals surface area contributed by atoms with E-state index in [-0.39, 0.29) is 6.04 Å². The van der Waals surface area contributed by atoms with Gasteiger partial charge in [-0.25, -0.2) is 0 Å². The standard InChI is InChI=1S/C13H16BrN3O/c1-4-15-9(3)12-16-17-13(18-12)10-7-8(2)5-6-11(10)14/h5-7,9,15H,4H2,1-3H3. The zero-order valence-corrected chi connectivity index (χ0v) is 12.3. The molecule has 0 saturated heterocycles. The van der Waals surface area contributed by atoms with Gasteiger partial charge in [0.2, 0.25) is 11.8 Å². The summed E-state index contributed by atoms with van der Waals surface area (Å²) in [7, 11) is 0. The summed E-state index contributed by atoms with van der Waals surface area (Å²) in [4.78, 5) is 0. The van der Waals surface area contributed by atoms with Crippen LogP contribution >= 0.6 is 15.9 Å².